The summed E-state index contributed by atoms with van der Waals surface area (Å²) in [5, 5.41) is 9.25. The zero-order valence-electron chi connectivity index (χ0n) is 16.2. The summed E-state index contributed by atoms with van der Waals surface area (Å²) in [5.74, 6) is -0.278. The van der Waals surface area contributed by atoms with Crippen molar-refractivity contribution in [3.05, 3.63) is 106 Å². The van der Waals surface area contributed by atoms with Crippen LogP contribution in [0.2, 0.25) is 5.02 Å². The molecule has 1 amide bonds. The van der Waals surface area contributed by atoms with Crippen LogP contribution in [-0.2, 0) is 4.79 Å². The van der Waals surface area contributed by atoms with E-state index in [9.17, 15) is 9.59 Å². The number of carbonyl (C=O) groups excluding carboxylic acids is 1. The maximum absolute atomic E-state index is 12.8. The Kier molecular flexibility index (Phi) is 5.46. The number of aromatic nitrogens is 2. The summed E-state index contributed by atoms with van der Waals surface area (Å²) in [6.45, 7) is 1.87. The van der Waals surface area contributed by atoms with E-state index < -0.39 is 0 Å². The Morgan fingerprint density at radius 3 is 2.37 bits per heavy atom. The quantitative estimate of drug-likeness (QED) is 0.477. The average Bonchev–Trinajstić information content (AvgIpc) is 2.76. The molecule has 0 saturated carbocycles. The van der Waals surface area contributed by atoms with Crippen LogP contribution >= 0.6 is 11.6 Å². The first-order chi connectivity index (χ1) is 14.5. The van der Waals surface area contributed by atoms with Crippen LogP contribution in [0.15, 0.2) is 83.7 Å². The Hall–Kier alpha value is -3.70. The fourth-order valence-corrected chi connectivity index (χ4v) is 3.37. The van der Waals surface area contributed by atoms with Gasteiger partial charge in [0.1, 0.15) is 0 Å². The summed E-state index contributed by atoms with van der Waals surface area (Å²) < 4.78 is 1.38. The van der Waals surface area contributed by atoms with Crippen LogP contribution < -0.4 is 10.9 Å². The molecule has 0 aliphatic rings. The first-order valence-corrected chi connectivity index (χ1v) is 9.73. The lowest BCUT2D eigenvalue weighted by atomic mass is 10.1. The van der Waals surface area contributed by atoms with Gasteiger partial charge in [0.15, 0.2) is 0 Å². The molecule has 0 atom stereocenters. The number of amides is 1. The number of hydrogen-bond acceptors (Lipinski definition) is 3. The summed E-state index contributed by atoms with van der Waals surface area (Å²) in [4.78, 5) is 25.0. The Labute approximate surface area is 178 Å². The minimum absolute atomic E-state index is 0.185. The zero-order valence-corrected chi connectivity index (χ0v) is 16.9. The predicted octanol–water partition coefficient (Wildman–Crippen LogP) is 5.00. The average molecular weight is 416 g/mol. The number of halogens is 1. The fourth-order valence-electron chi connectivity index (χ4n) is 3.17. The smallest absolute Gasteiger partial charge is 0.279 e. The predicted molar refractivity (Wildman–Crippen MR) is 121 cm³/mol. The highest BCUT2D eigenvalue weighted by Crippen LogP contribution is 2.18. The van der Waals surface area contributed by atoms with Crippen LogP contribution in [0.5, 0.6) is 0 Å². The number of nitrogens with zero attached hydrogens (tertiary/aromatic N) is 2. The minimum atomic E-state index is -0.278. The van der Waals surface area contributed by atoms with Crippen molar-refractivity contribution >= 4 is 40.0 Å². The van der Waals surface area contributed by atoms with Crippen molar-refractivity contribution < 1.29 is 4.79 Å². The largest absolute Gasteiger partial charge is 0.323 e. The van der Waals surface area contributed by atoms with Crippen molar-refractivity contribution in [1.29, 1.82) is 0 Å². The maximum Gasteiger partial charge on any atom is 0.279 e. The molecular weight excluding hydrogens is 398 g/mol. The van der Waals surface area contributed by atoms with Gasteiger partial charge in [0.25, 0.3) is 5.56 Å². The number of hydrogen-bond donors (Lipinski definition) is 1. The van der Waals surface area contributed by atoms with Gasteiger partial charge in [-0.25, -0.2) is 0 Å². The standard InChI is InChI=1S/C24H18ClN3O2/c1-16-20-7-3-4-8-21(20)24(30)28(27-16)19-13-11-18(12-14-19)26-23(29)15-10-17-6-2-5-9-22(17)25/h2-15H,1H3,(H,26,29). The fraction of sp³-hybridized carbons (Fsp3) is 0.0417. The van der Waals surface area contributed by atoms with Crippen molar-refractivity contribution in [1.82, 2.24) is 9.78 Å². The van der Waals surface area contributed by atoms with E-state index in [1.165, 1.54) is 10.8 Å². The molecule has 1 aromatic heterocycles. The van der Waals surface area contributed by atoms with E-state index in [1.807, 2.05) is 43.3 Å². The Bertz CT molecular complexity index is 1320. The molecule has 5 nitrogen and oxygen atoms in total. The molecule has 0 bridgehead atoms. The second kappa shape index (κ2) is 8.35. The lowest BCUT2D eigenvalue weighted by Crippen LogP contribution is -2.22. The van der Waals surface area contributed by atoms with E-state index in [-0.39, 0.29) is 11.5 Å². The first-order valence-electron chi connectivity index (χ1n) is 9.35. The first kappa shape index (κ1) is 19.6. The third kappa shape index (κ3) is 4.02. The highest BCUT2D eigenvalue weighted by Gasteiger charge is 2.09. The monoisotopic (exact) mass is 415 g/mol. The van der Waals surface area contributed by atoms with Crippen LogP contribution in [0, 0.1) is 6.92 Å². The molecule has 4 aromatic rings. The van der Waals surface area contributed by atoms with Crippen molar-refractivity contribution in [3.63, 3.8) is 0 Å². The van der Waals surface area contributed by atoms with Crippen LogP contribution in [0.25, 0.3) is 22.5 Å². The highest BCUT2D eigenvalue weighted by molar-refractivity contribution is 6.32. The van der Waals surface area contributed by atoms with Gasteiger partial charge >= 0.3 is 0 Å². The molecule has 0 aliphatic carbocycles. The summed E-state index contributed by atoms with van der Waals surface area (Å²) in [5.41, 5.74) is 2.58. The number of nitrogens with one attached hydrogen (secondary N) is 1. The van der Waals surface area contributed by atoms with Gasteiger partial charge in [0.05, 0.1) is 16.8 Å². The summed E-state index contributed by atoms with van der Waals surface area (Å²) >= 11 is 6.09. The minimum Gasteiger partial charge on any atom is -0.323 e. The highest BCUT2D eigenvalue weighted by atomic mass is 35.5. The molecular formula is C24H18ClN3O2. The van der Waals surface area contributed by atoms with Crippen LogP contribution in [0.1, 0.15) is 11.3 Å². The SMILES string of the molecule is Cc1nn(-c2ccc(NC(=O)C=Cc3ccccc3Cl)cc2)c(=O)c2ccccc12. The number of fused-ring (bicyclic) bond motifs is 1. The van der Waals surface area contributed by atoms with E-state index in [0.29, 0.717) is 21.8 Å². The second-order valence-electron chi connectivity index (χ2n) is 6.74. The maximum atomic E-state index is 12.8. The number of benzene rings is 3. The molecule has 1 heterocycles. The van der Waals surface area contributed by atoms with Crippen molar-refractivity contribution in [2.75, 3.05) is 5.32 Å². The van der Waals surface area contributed by atoms with Gasteiger partial charge in [-0.2, -0.15) is 9.78 Å². The lowest BCUT2D eigenvalue weighted by Gasteiger charge is -2.09. The molecule has 0 spiro atoms. The molecule has 0 aliphatic heterocycles. The van der Waals surface area contributed by atoms with Crippen molar-refractivity contribution in [2.24, 2.45) is 0 Å². The molecule has 0 fully saturated rings. The molecule has 1 N–H and O–H groups in total. The van der Waals surface area contributed by atoms with E-state index in [4.69, 9.17) is 11.6 Å². The molecule has 30 heavy (non-hydrogen) atoms. The third-order valence-corrected chi connectivity index (χ3v) is 5.03. The summed E-state index contributed by atoms with van der Waals surface area (Å²) in [7, 11) is 0. The van der Waals surface area contributed by atoms with Crippen molar-refractivity contribution in [2.45, 2.75) is 6.92 Å². The van der Waals surface area contributed by atoms with Crippen LogP contribution in [-0.4, -0.2) is 15.7 Å². The van der Waals surface area contributed by atoms with E-state index in [0.717, 1.165) is 16.6 Å². The normalized spacial score (nSPS) is 11.1. The van der Waals surface area contributed by atoms with E-state index in [1.54, 1.807) is 42.5 Å². The van der Waals surface area contributed by atoms with Gasteiger partial charge in [0.2, 0.25) is 5.91 Å². The van der Waals surface area contributed by atoms with Gasteiger partial charge in [-0.15, -0.1) is 0 Å². The summed E-state index contributed by atoms with van der Waals surface area (Å²) in [6, 6.07) is 21.6. The molecule has 0 unspecified atom stereocenters. The topological polar surface area (TPSA) is 64.0 Å². The Balaban J connectivity index is 1.54. The second-order valence-corrected chi connectivity index (χ2v) is 7.15. The summed E-state index contributed by atoms with van der Waals surface area (Å²) in [6.07, 6.45) is 3.08. The molecule has 4 rings (SSSR count). The van der Waals surface area contributed by atoms with Gasteiger partial charge in [-0.05, 0) is 55.0 Å². The van der Waals surface area contributed by atoms with Gasteiger partial charge in [-0.1, -0.05) is 48.0 Å². The van der Waals surface area contributed by atoms with Crippen LogP contribution in [0.4, 0.5) is 5.69 Å². The van der Waals surface area contributed by atoms with Crippen molar-refractivity contribution in [3.8, 4) is 5.69 Å². The zero-order chi connectivity index (χ0) is 21.1. The third-order valence-electron chi connectivity index (χ3n) is 4.69. The molecule has 0 radical (unpaired) electrons. The lowest BCUT2D eigenvalue weighted by molar-refractivity contribution is -0.111. The molecule has 148 valence electrons. The molecule has 0 saturated heterocycles. The van der Waals surface area contributed by atoms with Crippen LogP contribution in [0.3, 0.4) is 0 Å². The Morgan fingerprint density at radius 1 is 0.967 bits per heavy atom. The van der Waals surface area contributed by atoms with Gasteiger partial charge < -0.3 is 5.32 Å². The van der Waals surface area contributed by atoms with Gasteiger partial charge in [0, 0.05) is 22.2 Å². The van der Waals surface area contributed by atoms with Gasteiger partial charge in [-0.3, -0.25) is 9.59 Å². The Morgan fingerprint density at radius 2 is 1.63 bits per heavy atom. The number of aryl methyl sites for hydroxylation is 1. The molecule has 6 heteroatoms. The number of rotatable bonds is 4. The molecule has 3 aromatic carbocycles. The van der Waals surface area contributed by atoms with E-state index >= 15 is 0 Å². The number of anilines is 1. The number of carbonyl (C=O) groups is 1. The van der Waals surface area contributed by atoms with E-state index in [2.05, 4.69) is 10.4 Å².